The molecule has 2 rings (SSSR count). The van der Waals surface area contributed by atoms with E-state index in [1.165, 1.54) is 0 Å². The average Bonchev–Trinajstić information content (AvgIpc) is 2.51. The quantitative estimate of drug-likeness (QED) is 0.559. The molecule has 112 valence electrons. The number of hydrogen-bond acceptors (Lipinski definition) is 6. The molecule has 0 bridgehead atoms. The van der Waals surface area contributed by atoms with Crippen LogP contribution in [0.5, 0.6) is 5.75 Å². The second kappa shape index (κ2) is 6.90. The molecule has 0 spiro atoms. The molecule has 0 saturated carbocycles. The van der Waals surface area contributed by atoms with Crippen LogP contribution in [-0.2, 0) is 6.42 Å². The second-order valence-electron chi connectivity index (χ2n) is 4.51. The Morgan fingerprint density at radius 1 is 1.14 bits per heavy atom. The molecule has 0 aliphatic heterocycles. The van der Waals surface area contributed by atoms with E-state index in [2.05, 4.69) is 20.7 Å². The molecule has 6 nitrogen and oxygen atoms in total. The zero-order valence-electron chi connectivity index (χ0n) is 12.6. The lowest BCUT2D eigenvalue weighted by Crippen LogP contribution is -2.14. The minimum Gasteiger partial charge on any atom is -0.492 e. The fourth-order valence-corrected chi connectivity index (χ4v) is 1.96. The highest BCUT2D eigenvalue weighted by atomic mass is 16.5. The molecule has 1 aromatic heterocycles. The first-order valence-corrected chi connectivity index (χ1v) is 7.02. The van der Waals surface area contributed by atoms with Crippen molar-refractivity contribution in [1.82, 2.24) is 9.97 Å². The van der Waals surface area contributed by atoms with Gasteiger partial charge in [0, 0.05) is 12.0 Å². The predicted octanol–water partition coefficient (Wildman–Crippen LogP) is 2.78. The molecule has 1 heterocycles. The van der Waals surface area contributed by atoms with Crippen molar-refractivity contribution < 1.29 is 4.74 Å². The predicted molar refractivity (Wildman–Crippen MR) is 84.9 cm³/mol. The number of nitrogens with one attached hydrogen (secondary N) is 2. The van der Waals surface area contributed by atoms with E-state index >= 15 is 0 Å². The molecular weight excluding hydrogens is 266 g/mol. The molecule has 0 radical (unpaired) electrons. The van der Waals surface area contributed by atoms with Crippen LogP contribution in [0.15, 0.2) is 24.3 Å². The fraction of sp³-hybridized carbons (Fsp3) is 0.333. The van der Waals surface area contributed by atoms with E-state index in [9.17, 15) is 0 Å². The summed E-state index contributed by atoms with van der Waals surface area (Å²) in [7, 11) is 0. The van der Waals surface area contributed by atoms with Crippen LogP contribution < -0.4 is 21.3 Å². The van der Waals surface area contributed by atoms with E-state index in [0.29, 0.717) is 12.4 Å². The van der Waals surface area contributed by atoms with Gasteiger partial charge in [0.2, 0.25) is 0 Å². The summed E-state index contributed by atoms with van der Waals surface area (Å²) in [6.07, 6.45) is 0.733. The standard InChI is InChI=1S/C15H21N5O/c1-4-13-18-14(10(3)15(19-13)20-16)17-11-8-6-7-9-12(11)21-5-2/h6-9H,4-5,16H2,1-3H3,(H2,17,18,19,20). The molecule has 4 N–H and O–H groups in total. The van der Waals surface area contributed by atoms with E-state index in [1.54, 1.807) is 0 Å². The van der Waals surface area contributed by atoms with Gasteiger partial charge in [-0.25, -0.2) is 15.8 Å². The Kier molecular flexibility index (Phi) is 4.94. The Balaban J connectivity index is 2.39. The first-order chi connectivity index (χ1) is 10.2. The van der Waals surface area contributed by atoms with Gasteiger partial charge in [-0.2, -0.15) is 0 Å². The molecule has 2 aromatic rings. The summed E-state index contributed by atoms with van der Waals surface area (Å²) in [4.78, 5) is 8.87. The Bertz CT molecular complexity index is 615. The third-order valence-corrected chi connectivity index (χ3v) is 3.09. The Hall–Kier alpha value is -2.34. The highest BCUT2D eigenvalue weighted by Crippen LogP contribution is 2.29. The maximum Gasteiger partial charge on any atom is 0.148 e. The van der Waals surface area contributed by atoms with Gasteiger partial charge in [-0.3, -0.25) is 0 Å². The SMILES string of the molecule is CCOc1ccccc1Nc1nc(CC)nc(NN)c1C. The van der Waals surface area contributed by atoms with Gasteiger partial charge in [-0.15, -0.1) is 0 Å². The summed E-state index contributed by atoms with van der Waals surface area (Å²) in [6.45, 7) is 6.48. The summed E-state index contributed by atoms with van der Waals surface area (Å²) in [5, 5.41) is 3.30. The van der Waals surface area contributed by atoms with Crippen molar-refractivity contribution in [3.05, 3.63) is 35.7 Å². The van der Waals surface area contributed by atoms with Crippen LogP contribution >= 0.6 is 0 Å². The van der Waals surface area contributed by atoms with Crippen molar-refractivity contribution in [2.75, 3.05) is 17.3 Å². The molecule has 0 unspecified atom stereocenters. The topological polar surface area (TPSA) is 85.1 Å². The number of aromatic nitrogens is 2. The Morgan fingerprint density at radius 3 is 2.52 bits per heavy atom. The molecule has 0 aliphatic carbocycles. The molecule has 0 amide bonds. The number of nitrogens with two attached hydrogens (primary N) is 1. The third-order valence-electron chi connectivity index (χ3n) is 3.09. The molecule has 6 heteroatoms. The van der Waals surface area contributed by atoms with E-state index in [4.69, 9.17) is 10.6 Å². The Morgan fingerprint density at radius 2 is 1.86 bits per heavy atom. The maximum atomic E-state index is 5.62. The monoisotopic (exact) mass is 287 g/mol. The summed E-state index contributed by atoms with van der Waals surface area (Å²) >= 11 is 0. The molecular formula is C15H21N5O. The summed E-state index contributed by atoms with van der Waals surface area (Å²) in [5.74, 6) is 8.39. The first-order valence-electron chi connectivity index (χ1n) is 7.02. The van der Waals surface area contributed by atoms with E-state index in [0.717, 1.165) is 35.1 Å². The number of nitrogen functional groups attached to an aromatic ring is 1. The largest absolute Gasteiger partial charge is 0.492 e. The van der Waals surface area contributed by atoms with Crippen molar-refractivity contribution in [1.29, 1.82) is 0 Å². The van der Waals surface area contributed by atoms with Gasteiger partial charge in [0.25, 0.3) is 0 Å². The zero-order valence-corrected chi connectivity index (χ0v) is 12.6. The normalized spacial score (nSPS) is 10.3. The molecule has 0 atom stereocenters. The second-order valence-corrected chi connectivity index (χ2v) is 4.51. The van der Waals surface area contributed by atoms with Gasteiger partial charge in [0.1, 0.15) is 23.2 Å². The molecule has 21 heavy (non-hydrogen) atoms. The zero-order chi connectivity index (χ0) is 15.2. The van der Waals surface area contributed by atoms with Gasteiger partial charge in [-0.1, -0.05) is 19.1 Å². The van der Waals surface area contributed by atoms with Crippen LogP contribution in [0.3, 0.4) is 0 Å². The van der Waals surface area contributed by atoms with Gasteiger partial charge in [0.15, 0.2) is 0 Å². The number of hydrazine groups is 1. The lowest BCUT2D eigenvalue weighted by Gasteiger charge is -2.15. The average molecular weight is 287 g/mol. The van der Waals surface area contributed by atoms with Gasteiger partial charge in [-0.05, 0) is 26.0 Å². The minimum atomic E-state index is 0.608. The highest BCUT2D eigenvalue weighted by molar-refractivity contribution is 5.68. The fourth-order valence-electron chi connectivity index (χ4n) is 1.96. The summed E-state index contributed by atoms with van der Waals surface area (Å²) < 4.78 is 5.62. The number of anilines is 3. The van der Waals surface area contributed by atoms with Crippen molar-refractivity contribution >= 4 is 17.3 Å². The number of rotatable bonds is 6. The minimum absolute atomic E-state index is 0.608. The van der Waals surface area contributed by atoms with Crippen molar-refractivity contribution in [3.8, 4) is 5.75 Å². The lowest BCUT2D eigenvalue weighted by atomic mass is 10.2. The van der Waals surface area contributed by atoms with Gasteiger partial charge < -0.3 is 15.5 Å². The van der Waals surface area contributed by atoms with Crippen molar-refractivity contribution in [2.45, 2.75) is 27.2 Å². The van der Waals surface area contributed by atoms with Crippen molar-refractivity contribution in [3.63, 3.8) is 0 Å². The molecule has 0 aliphatic rings. The van der Waals surface area contributed by atoms with Crippen LogP contribution in [0.2, 0.25) is 0 Å². The van der Waals surface area contributed by atoms with Crippen LogP contribution in [0.25, 0.3) is 0 Å². The first kappa shape index (κ1) is 15.1. The highest BCUT2D eigenvalue weighted by Gasteiger charge is 2.11. The smallest absolute Gasteiger partial charge is 0.148 e. The van der Waals surface area contributed by atoms with E-state index < -0.39 is 0 Å². The molecule has 0 saturated heterocycles. The van der Waals surface area contributed by atoms with Crippen LogP contribution in [0.4, 0.5) is 17.3 Å². The van der Waals surface area contributed by atoms with Crippen LogP contribution in [0, 0.1) is 6.92 Å². The van der Waals surface area contributed by atoms with Gasteiger partial charge >= 0.3 is 0 Å². The number of ether oxygens (including phenoxy) is 1. The van der Waals surface area contributed by atoms with Crippen LogP contribution in [0.1, 0.15) is 25.2 Å². The van der Waals surface area contributed by atoms with E-state index in [1.807, 2.05) is 45.0 Å². The van der Waals surface area contributed by atoms with Crippen LogP contribution in [-0.4, -0.2) is 16.6 Å². The van der Waals surface area contributed by atoms with Crippen molar-refractivity contribution in [2.24, 2.45) is 5.84 Å². The van der Waals surface area contributed by atoms with E-state index in [-0.39, 0.29) is 0 Å². The molecule has 1 aromatic carbocycles. The maximum absolute atomic E-state index is 5.62. The number of nitrogens with zero attached hydrogens (tertiary/aromatic N) is 2. The number of benzene rings is 1. The number of hydrogen-bond donors (Lipinski definition) is 3. The summed E-state index contributed by atoms with van der Waals surface area (Å²) in [5.41, 5.74) is 4.34. The third kappa shape index (κ3) is 3.41. The number of para-hydroxylation sites is 2. The summed E-state index contributed by atoms with van der Waals surface area (Å²) in [6, 6.07) is 7.76. The lowest BCUT2D eigenvalue weighted by molar-refractivity contribution is 0.342. The Labute approximate surface area is 124 Å². The molecule has 0 fully saturated rings. The van der Waals surface area contributed by atoms with Gasteiger partial charge in [0.05, 0.1) is 12.3 Å². The number of aryl methyl sites for hydroxylation is 1.